The van der Waals surface area contributed by atoms with Crippen LogP contribution in [0.5, 0.6) is 5.75 Å². The molecule has 0 aliphatic rings. The third-order valence-corrected chi connectivity index (χ3v) is 18.0. The predicted molar refractivity (Wildman–Crippen MR) is 299 cm³/mol. The fraction of sp³-hybridized carbons (Fsp3) is 0.390. The number of methoxy groups -OCH3 is 1. The summed E-state index contributed by atoms with van der Waals surface area (Å²) in [4.78, 5) is 82.3. The molecule has 0 saturated heterocycles. The van der Waals surface area contributed by atoms with Gasteiger partial charge in [-0.1, -0.05) is 136 Å². The highest BCUT2D eigenvalue weighted by molar-refractivity contribution is 6.74. The molecule has 0 unspecified atom stereocenters. The Morgan fingerprint density at radius 3 is 1.69 bits per heavy atom. The Labute approximate surface area is 463 Å². The first-order valence-corrected chi connectivity index (χ1v) is 28.9. The average molecular weight is 1110 g/mol. The Kier molecular flexibility index (Phi) is 22.3. The number of amides is 4. The van der Waals surface area contributed by atoms with Gasteiger partial charge in [-0.2, -0.15) is 0 Å². The van der Waals surface area contributed by atoms with Crippen molar-refractivity contribution in [2.75, 3.05) is 20.7 Å². The van der Waals surface area contributed by atoms with Crippen molar-refractivity contribution in [3.05, 3.63) is 160 Å². The second kappa shape index (κ2) is 28.3. The van der Waals surface area contributed by atoms with Gasteiger partial charge in [-0.3, -0.25) is 4.79 Å². The quantitative estimate of drug-likeness (QED) is 0.0257. The number of carbonyl (C=O) groups excluding carboxylic acids is 5. The Hall–Kier alpha value is -7.41. The predicted octanol–water partition coefficient (Wildman–Crippen LogP) is 10.7. The van der Waals surface area contributed by atoms with Crippen LogP contribution in [0.3, 0.4) is 0 Å². The molecule has 418 valence electrons. The van der Waals surface area contributed by atoms with Crippen molar-refractivity contribution < 1.29 is 62.0 Å². The first kappa shape index (κ1) is 61.4. The van der Waals surface area contributed by atoms with Crippen LogP contribution in [0.2, 0.25) is 23.2 Å². The summed E-state index contributed by atoms with van der Waals surface area (Å²) in [6, 6.07) is 33.9. The summed E-state index contributed by atoms with van der Waals surface area (Å²) in [7, 11) is -0.00911. The second-order valence-electron chi connectivity index (χ2n) is 21.3. The molecule has 17 nitrogen and oxygen atoms in total. The van der Waals surface area contributed by atoms with E-state index in [1.807, 2.05) is 101 Å². The van der Waals surface area contributed by atoms with E-state index in [1.54, 1.807) is 81.4 Å². The van der Waals surface area contributed by atoms with E-state index in [1.165, 1.54) is 19.1 Å². The zero-order valence-corrected chi connectivity index (χ0v) is 47.8. The summed E-state index contributed by atoms with van der Waals surface area (Å²) in [5.74, 6) is -2.40. The van der Waals surface area contributed by atoms with Crippen LogP contribution in [0, 0.1) is 0 Å². The van der Waals surface area contributed by atoms with Crippen LogP contribution in [0.4, 0.5) is 14.4 Å². The Morgan fingerprint density at radius 1 is 0.654 bits per heavy atom. The zero-order valence-electron chi connectivity index (χ0n) is 46.1. The fourth-order valence-electron chi connectivity index (χ4n) is 7.83. The van der Waals surface area contributed by atoms with Crippen LogP contribution in [-0.4, -0.2) is 105 Å². The molecule has 4 amide bonds. The maximum absolute atomic E-state index is 15.0. The van der Waals surface area contributed by atoms with Crippen molar-refractivity contribution in [1.29, 1.82) is 0 Å². The number of alkyl carbamates (subject to hydrolysis) is 3. The largest absolute Gasteiger partial charge is 0.489 e. The lowest BCUT2D eigenvalue weighted by Crippen LogP contribution is -2.56. The molecule has 78 heavy (non-hydrogen) atoms. The molecule has 5 aromatic rings. The minimum absolute atomic E-state index is 0.0202. The maximum Gasteiger partial charge on any atom is 0.408 e. The van der Waals surface area contributed by atoms with Gasteiger partial charge in [0.1, 0.15) is 49.3 Å². The summed E-state index contributed by atoms with van der Waals surface area (Å²) in [5.41, 5.74) is 3.55. The third-order valence-electron chi connectivity index (χ3n) is 13.0. The average Bonchev–Trinajstić information content (AvgIpc) is 3.40. The number of carbonyl (C=O) groups is 6. The molecular weight excluding hydrogens is 1040 g/mol. The van der Waals surface area contributed by atoms with Crippen LogP contribution in [0.25, 0.3) is 11.1 Å². The molecule has 19 heteroatoms. The molecule has 0 bridgehead atoms. The number of nitrogens with one attached hydrogen (secondary N) is 3. The summed E-state index contributed by atoms with van der Waals surface area (Å²) in [6.07, 6.45) is -3.87. The van der Waals surface area contributed by atoms with E-state index in [2.05, 4.69) is 16.0 Å². The Bertz CT molecular complexity index is 2810. The van der Waals surface area contributed by atoms with E-state index in [-0.39, 0.29) is 55.7 Å². The van der Waals surface area contributed by atoms with Gasteiger partial charge >= 0.3 is 30.2 Å². The first-order chi connectivity index (χ1) is 36.8. The number of esters is 1. The van der Waals surface area contributed by atoms with Crippen LogP contribution in [0.15, 0.2) is 127 Å². The number of carboxylic acid groups (broad SMARTS) is 1. The molecular formula is C59H73ClN4O13Si. The van der Waals surface area contributed by atoms with Crippen molar-refractivity contribution in [2.45, 2.75) is 129 Å². The molecule has 0 aromatic heterocycles. The Morgan fingerprint density at radius 2 is 1.17 bits per heavy atom. The SMILES string of the molecule is COC(=O)[C@H](Cc1cc(-c2ccc(OCc3ccccc3)c(C[C@H](NC(=O)OCc3ccccc3)C(=O)O)c2)ccc1Cl)N(C)C(=O)[C@H](C[C@H](CNC(=O)OCc1ccccc1)O[Si](C)(C)C(C)(C)C)NC(=O)OC(C)(C)C. The number of ether oxygens (including phenoxy) is 5. The lowest BCUT2D eigenvalue weighted by atomic mass is 9.95. The first-order valence-electron chi connectivity index (χ1n) is 25.6. The van der Waals surface area contributed by atoms with Crippen LogP contribution < -0.4 is 20.7 Å². The topological polar surface area (TPSA) is 217 Å². The lowest BCUT2D eigenvalue weighted by molar-refractivity contribution is -0.152. The van der Waals surface area contributed by atoms with Gasteiger partial charge in [0.2, 0.25) is 5.91 Å². The number of likely N-dealkylation sites (N-methyl/N-ethyl adjacent to an activating group) is 1. The molecule has 0 saturated carbocycles. The third kappa shape index (κ3) is 19.2. The molecule has 5 aromatic carbocycles. The van der Waals surface area contributed by atoms with Gasteiger partial charge in [0, 0.05) is 37.9 Å². The van der Waals surface area contributed by atoms with E-state index in [9.17, 15) is 33.9 Å². The van der Waals surface area contributed by atoms with Crippen molar-refractivity contribution in [1.82, 2.24) is 20.9 Å². The highest BCUT2D eigenvalue weighted by Gasteiger charge is 2.42. The highest BCUT2D eigenvalue weighted by atomic mass is 35.5. The lowest BCUT2D eigenvalue weighted by Gasteiger charge is -2.40. The molecule has 0 radical (unpaired) electrons. The Balaban J connectivity index is 1.45. The summed E-state index contributed by atoms with van der Waals surface area (Å²) < 4.78 is 34.8. The molecule has 0 fully saturated rings. The van der Waals surface area contributed by atoms with Crippen LogP contribution in [-0.2, 0) is 70.4 Å². The van der Waals surface area contributed by atoms with Gasteiger partial charge in [0.15, 0.2) is 8.32 Å². The van der Waals surface area contributed by atoms with E-state index in [0.29, 0.717) is 28.0 Å². The van der Waals surface area contributed by atoms with Gasteiger partial charge in [0.25, 0.3) is 0 Å². The standard InChI is InChI=1S/C59H73ClN4O13Si/c1-58(2,3)76-57(71)62-48(34-46(77-78(9,10)59(4,5)6)35-61-55(69)74-37-40-22-16-12-17-23-40)52(65)64(7)50(54(68)72-8)33-44-30-42(26-28-47(44)60)43-27-29-51(73-36-39-20-14-11-15-21-39)45(31-43)32-49(53(66)67)63-56(70)75-38-41-24-18-13-19-25-41/h11-31,46,48-50H,32-38H2,1-10H3,(H,61,69)(H,62,71)(H,63,70)(H,66,67)/t46-,48+,49+,50+/m1/s1. The van der Waals surface area contributed by atoms with Gasteiger partial charge in [-0.15, -0.1) is 0 Å². The van der Waals surface area contributed by atoms with E-state index in [0.717, 1.165) is 16.7 Å². The molecule has 0 spiro atoms. The van der Waals surface area contributed by atoms with Crippen molar-refractivity contribution in [3.8, 4) is 16.9 Å². The monoisotopic (exact) mass is 1110 g/mol. The molecule has 4 N–H and O–H groups in total. The fourth-order valence-corrected chi connectivity index (χ4v) is 9.39. The minimum atomic E-state index is -2.62. The van der Waals surface area contributed by atoms with E-state index < -0.39 is 74.3 Å². The van der Waals surface area contributed by atoms with Gasteiger partial charge in [0.05, 0.1) is 13.2 Å². The normalized spacial score (nSPS) is 13.1. The zero-order chi connectivity index (χ0) is 57.2. The molecule has 4 atom stereocenters. The van der Waals surface area contributed by atoms with Gasteiger partial charge in [-0.25, -0.2) is 24.0 Å². The molecule has 0 aliphatic carbocycles. The van der Waals surface area contributed by atoms with Crippen molar-refractivity contribution >= 4 is 56.0 Å². The van der Waals surface area contributed by atoms with E-state index >= 15 is 0 Å². The highest BCUT2D eigenvalue weighted by Crippen LogP contribution is 2.38. The number of carboxylic acids is 1. The number of aliphatic carboxylic acids is 1. The summed E-state index contributed by atoms with van der Waals surface area (Å²) in [5, 5.41) is 18.3. The van der Waals surface area contributed by atoms with Crippen molar-refractivity contribution in [3.63, 3.8) is 0 Å². The van der Waals surface area contributed by atoms with Crippen LogP contribution in [0.1, 0.15) is 75.8 Å². The number of nitrogens with zero attached hydrogens (tertiary/aromatic N) is 1. The van der Waals surface area contributed by atoms with Gasteiger partial charge in [-0.05, 0) is 102 Å². The van der Waals surface area contributed by atoms with Crippen LogP contribution >= 0.6 is 11.6 Å². The maximum atomic E-state index is 15.0. The van der Waals surface area contributed by atoms with Gasteiger partial charge < -0.3 is 54.1 Å². The number of benzene rings is 5. The second-order valence-corrected chi connectivity index (χ2v) is 26.4. The summed E-state index contributed by atoms with van der Waals surface area (Å²) in [6.45, 7) is 15.3. The van der Waals surface area contributed by atoms with E-state index in [4.69, 9.17) is 39.7 Å². The number of hydrogen-bond donors (Lipinski definition) is 4. The summed E-state index contributed by atoms with van der Waals surface area (Å²) >= 11 is 6.89. The minimum Gasteiger partial charge on any atom is -0.489 e. The molecule has 5 rings (SSSR count). The smallest absolute Gasteiger partial charge is 0.408 e. The number of halogens is 1. The van der Waals surface area contributed by atoms with Crippen molar-refractivity contribution in [2.24, 2.45) is 0 Å². The molecule has 0 aliphatic heterocycles. The molecule has 0 heterocycles. The number of rotatable bonds is 24. The number of hydrogen-bond acceptors (Lipinski definition) is 12.